The maximum absolute atomic E-state index is 13.0. The van der Waals surface area contributed by atoms with Gasteiger partial charge in [0, 0.05) is 19.3 Å². The van der Waals surface area contributed by atoms with Crippen molar-refractivity contribution in [3.63, 3.8) is 0 Å². The van der Waals surface area contributed by atoms with Crippen LogP contribution < -0.4 is 10.5 Å². The highest BCUT2D eigenvalue weighted by atomic mass is 32.2. The van der Waals surface area contributed by atoms with Crippen molar-refractivity contribution in [1.82, 2.24) is 9.55 Å². The van der Waals surface area contributed by atoms with Crippen LogP contribution in [-0.4, -0.2) is 28.3 Å². The van der Waals surface area contributed by atoms with Crippen LogP contribution in [0.3, 0.4) is 0 Å². The van der Waals surface area contributed by atoms with Crippen molar-refractivity contribution < 1.29 is 4.79 Å². The van der Waals surface area contributed by atoms with Crippen molar-refractivity contribution >= 4 is 34.3 Å². The number of hydrogen-bond acceptors (Lipinski definition) is 4. The van der Waals surface area contributed by atoms with Crippen molar-refractivity contribution in [2.24, 2.45) is 5.92 Å². The summed E-state index contributed by atoms with van der Waals surface area (Å²) in [6, 6.07) is 16.9. The molecule has 0 saturated carbocycles. The number of nitrogens with zero attached hydrogens (tertiary/aromatic N) is 3. The van der Waals surface area contributed by atoms with Gasteiger partial charge in [-0.25, -0.2) is 4.98 Å². The third-order valence-electron chi connectivity index (χ3n) is 4.60. The molecule has 0 unspecified atom stereocenters. The SMILES string of the molecule is CC(C)CCn1c(SCC(=O)N(C)c2ccccc2)nc2ccccc2c1=O. The fraction of sp³-hybridized carbons (Fsp3) is 0.318. The summed E-state index contributed by atoms with van der Waals surface area (Å²) in [7, 11) is 1.76. The lowest BCUT2D eigenvalue weighted by Gasteiger charge is -2.18. The standard InChI is InChI=1S/C22H25N3O2S/c1-16(2)13-14-25-21(27)18-11-7-8-12-19(18)23-22(25)28-15-20(26)24(3)17-9-5-4-6-10-17/h4-12,16H,13-15H2,1-3H3. The van der Waals surface area contributed by atoms with E-state index in [4.69, 9.17) is 0 Å². The van der Waals surface area contributed by atoms with Gasteiger partial charge in [-0.3, -0.25) is 14.2 Å². The van der Waals surface area contributed by atoms with E-state index in [0.717, 1.165) is 12.1 Å². The molecular weight excluding hydrogens is 370 g/mol. The predicted molar refractivity (Wildman–Crippen MR) is 116 cm³/mol. The van der Waals surface area contributed by atoms with Crippen LogP contribution in [0, 0.1) is 5.92 Å². The molecule has 0 aliphatic heterocycles. The summed E-state index contributed by atoms with van der Waals surface area (Å²) in [5.74, 6) is 0.661. The van der Waals surface area contributed by atoms with Crippen LogP contribution in [0.25, 0.3) is 10.9 Å². The molecule has 0 spiro atoms. The highest BCUT2D eigenvalue weighted by molar-refractivity contribution is 7.99. The topological polar surface area (TPSA) is 55.2 Å². The van der Waals surface area contributed by atoms with Gasteiger partial charge in [-0.15, -0.1) is 0 Å². The highest BCUT2D eigenvalue weighted by Crippen LogP contribution is 2.20. The smallest absolute Gasteiger partial charge is 0.262 e. The summed E-state index contributed by atoms with van der Waals surface area (Å²) in [4.78, 5) is 31.9. The largest absolute Gasteiger partial charge is 0.315 e. The average Bonchev–Trinajstić information content (AvgIpc) is 2.71. The fourth-order valence-electron chi connectivity index (χ4n) is 2.86. The van der Waals surface area contributed by atoms with E-state index in [1.807, 2.05) is 48.5 Å². The number of thioether (sulfide) groups is 1. The van der Waals surface area contributed by atoms with Crippen LogP contribution in [-0.2, 0) is 11.3 Å². The zero-order valence-corrected chi connectivity index (χ0v) is 17.3. The first-order valence-corrected chi connectivity index (χ1v) is 10.4. The molecule has 146 valence electrons. The first-order valence-electron chi connectivity index (χ1n) is 9.41. The molecule has 3 rings (SSSR count). The van der Waals surface area contributed by atoms with Crippen LogP contribution in [0.1, 0.15) is 20.3 Å². The first kappa shape index (κ1) is 20.1. The molecule has 1 aromatic heterocycles. The summed E-state index contributed by atoms with van der Waals surface area (Å²) in [6.07, 6.45) is 0.880. The molecule has 0 bridgehead atoms. The van der Waals surface area contributed by atoms with E-state index >= 15 is 0 Å². The lowest BCUT2D eigenvalue weighted by atomic mass is 10.1. The number of carbonyl (C=O) groups excluding carboxylic acids is 1. The third kappa shape index (κ3) is 4.62. The van der Waals surface area contributed by atoms with Gasteiger partial charge >= 0.3 is 0 Å². The molecule has 0 radical (unpaired) electrons. The van der Waals surface area contributed by atoms with Gasteiger partial charge in [0.15, 0.2) is 5.16 Å². The molecule has 5 nitrogen and oxygen atoms in total. The Labute approximate surface area is 169 Å². The number of rotatable bonds is 7. The normalized spacial score (nSPS) is 11.1. The number of amides is 1. The molecule has 28 heavy (non-hydrogen) atoms. The fourth-order valence-corrected chi connectivity index (χ4v) is 3.80. The lowest BCUT2D eigenvalue weighted by molar-refractivity contribution is -0.115. The van der Waals surface area contributed by atoms with Gasteiger partial charge in [-0.1, -0.05) is 55.9 Å². The van der Waals surface area contributed by atoms with Crippen molar-refractivity contribution in [3.05, 3.63) is 65.0 Å². The molecule has 2 aromatic carbocycles. The molecule has 0 aliphatic carbocycles. The molecule has 0 atom stereocenters. The van der Waals surface area contributed by atoms with Crippen molar-refractivity contribution in [2.45, 2.75) is 32.0 Å². The number of hydrogen-bond donors (Lipinski definition) is 0. The lowest BCUT2D eigenvalue weighted by Crippen LogP contribution is -2.29. The molecule has 0 fully saturated rings. The van der Waals surface area contributed by atoms with E-state index in [1.165, 1.54) is 11.8 Å². The summed E-state index contributed by atoms with van der Waals surface area (Å²) >= 11 is 1.32. The van der Waals surface area contributed by atoms with Gasteiger partial charge in [0.05, 0.1) is 16.7 Å². The summed E-state index contributed by atoms with van der Waals surface area (Å²) in [5, 5.41) is 1.21. The number of fused-ring (bicyclic) bond motifs is 1. The second kappa shape index (κ2) is 9.06. The molecule has 0 N–H and O–H groups in total. The minimum atomic E-state index is -0.0439. The summed E-state index contributed by atoms with van der Waals surface area (Å²) in [5.41, 5.74) is 1.47. The van der Waals surface area contributed by atoms with Crippen LogP contribution >= 0.6 is 11.8 Å². The van der Waals surface area contributed by atoms with E-state index in [-0.39, 0.29) is 17.2 Å². The second-order valence-corrected chi connectivity index (χ2v) is 8.07. The van der Waals surface area contributed by atoms with Gasteiger partial charge in [0.2, 0.25) is 5.91 Å². The van der Waals surface area contributed by atoms with E-state index in [9.17, 15) is 9.59 Å². The number of benzene rings is 2. The number of anilines is 1. The monoisotopic (exact) mass is 395 g/mol. The Morgan fingerprint density at radius 2 is 1.79 bits per heavy atom. The Kier molecular flexibility index (Phi) is 6.52. The Bertz CT molecular complexity index is 1020. The van der Waals surface area contributed by atoms with Gasteiger partial charge in [-0.2, -0.15) is 0 Å². The Balaban J connectivity index is 1.85. The molecular formula is C22H25N3O2S. The van der Waals surface area contributed by atoms with Crippen molar-refractivity contribution in [2.75, 3.05) is 17.7 Å². The van der Waals surface area contributed by atoms with Gasteiger partial charge in [0.1, 0.15) is 0 Å². The van der Waals surface area contributed by atoms with Crippen LogP contribution in [0.5, 0.6) is 0 Å². The van der Waals surface area contributed by atoms with Gasteiger partial charge in [-0.05, 0) is 36.6 Å². The molecule has 1 heterocycles. The Morgan fingerprint density at radius 3 is 2.50 bits per heavy atom. The Hall–Kier alpha value is -2.60. The van der Waals surface area contributed by atoms with Crippen LogP contribution in [0.2, 0.25) is 0 Å². The van der Waals surface area contributed by atoms with Crippen molar-refractivity contribution in [1.29, 1.82) is 0 Å². The summed E-state index contributed by atoms with van der Waals surface area (Å²) < 4.78 is 1.71. The first-order chi connectivity index (χ1) is 13.5. The molecule has 3 aromatic rings. The van der Waals surface area contributed by atoms with Crippen molar-refractivity contribution in [3.8, 4) is 0 Å². The third-order valence-corrected chi connectivity index (χ3v) is 5.56. The maximum Gasteiger partial charge on any atom is 0.262 e. The van der Waals surface area contributed by atoms with E-state index in [0.29, 0.717) is 28.5 Å². The molecule has 6 heteroatoms. The van der Waals surface area contributed by atoms with E-state index < -0.39 is 0 Å². The summed E-state index contributed by atoms with van der Waals surface area (Å²) in [6.45, 7) is 4.86. The minimum absolute atomic E-state index is 0.0333. The highest BCUT2D eigenvalue weighted by Gasteiger charge is 2.16. The maximum atomic E-state index is 13.0. The minimum Gasteiger partial charge on any atom is -0.315 e. The van der Waals surface area contributed by atoms with Crippen LogP contribution in [0.4, 0.5) is 5.69 Å². The molecule has 0 aliphatic rings. The quantitative estimate of drug-likeness (QED) is 0.444. The van der Waals surface area contributed by atoms with Gasteiger partial charge < -0.3 is 4.90 Å². The zero-order chi connectivity index (χ0) is 20.1. The molecule has 0 saturated heterocycles. The van der Waals surface area contributed by atoms with E-state index in [2.05, 4.69) is 18.8 Å². The second-order valence-electron chi connectivity index (χ2n) is 7.13. The Morgan fingerprint density at radius 1 is 1.11 bits per heavy atom. The van der Waals surface area contributed by atoms with Crippen LogP contribution in [0.15, 0.2) is 64.5 Å². The predicted octanol–water partition coefficient (Wildman–Crippen LogP) is 4.20. The number of carbonyl (C=O) groups is 1. The number of para-hydroxylation sites is 2. The molecule has 1 amide bonds. The zero-order valence-electron chi connectivity index (χ0n) is 16.5. The number of aromatic nitrogens is 2. The van der Waals surface area contributed by atoms with Gasteiger partial charge in [0.25, 0.3) is 5.56 Å². The van der Waals surface area contributed by atoms with E-state index in [1.54, 1.807) is 22.6 Å². The average molecular weight is 396 g/mol.